The monoisotopic (exact) mass is 299 g/mol. The molecule has 1 N–H and O–H groups in total. The molecule has 0 amide bonds. The fourth-order valence-electron chi connectivity index (χ4n) is 2.17. The molecule has 2 aromatic carbocycles. The van der Waals surface area contributed by atoms with E-state index in [4.69, 9.17) is 11.6 Å². The van der Waals surface area contributed by atoms with Crippen LogP contribution in [0.15, 0.2) is 60.8 Å². The summed E-state index contributed by atoms with van der Waals surface area (Å²) in [5, 5.41) is 4.06. The van der Waals surface area contributed by atoms with Crippen molar-refractivity contribution < 1.29 is 0 Å². The maximum Gasteiger partial charge on any atom is 0.0406 e. The van der Waals surface area contributed by atoms with Gasteiger partial charge in [0.2, 0.25) is 0 Å². The molecule has 0 aromatic heterocycles. The van der Waals surface area contributed by atoms with Crippen molar-refractivity contribution in [3.05, 3.63) is 71.4 Å². The number of hydrogen-bond donors (Lipinski definition) is 1. The third-order valence-corrected chi connectivity index (χ3v) is 3.76. The maximum atomic E-state index is 5.92. The Hall–Kier alpha value is -1.73. The van der Waals surface area contributed by atoms with Crippen LogP contribution in [0.3, 0.4) is 0 Å². The minimum absolute atomic E-state index is 0.411. The maximum absolute atomic E-state index is 5.92. The van der Waals surface area contributed by atoms with Crippen LogP contribution in [0.2, 0.25) is 5.02 Å². The van der Waals surface area contributed by atoms with Crippen LogP contribution in [-0.4, -0.2) is 6.54 Å². The van der Waals surface area contributed by atoms with Crippen molar-refractivity contribution in [3.8, 4) is 11.1 Å². The van der Waals surface area contributed by atoms with Gasteiger partial charge in [0.15, 0.2) is 0 Å². The normalized spacial score (nSPS) is 12.5. The summed E-state index contributed by atoms with van der Waals surface area (Å²) in [6.07, 6.45) is 5.41. The molecule has 0 fully saturated rings. The van der Waals surface area contributed by atoms with Gasteiger partial charge in [-0.2, -0.15) is 0 Å². The Balaban J connectivity index is 2.04. The second-order valence-corrected chi connectivity index (χ2v) is 5.67. The number of rotatable bonds is 6. The highest BCUT2D eigenvalue weighted by Crippen LogP contribution is 2.24. The quantitative estimate of drug-likeness (QED) is 0.682. The van der Waals surface area contributed by atoms with Gasteiger partial charge < -0.3 is 5.32 Å². The first-order valence-corrected chi connectivity index (χ1v) is 7.84. The molecule has 1 nitrogen and oxygen atoms in total. The molecule has 2 rings (SSSR count). The lowest BCUT2D eigenvalue weighted by Gasteiger charge is -2.09. The van der Waals surface area contributed by atoms with Gasteiger partial charge in [-0.05, 0) is 41.4 Å². The van der Waals surface area contributed by atoms with Crippen LogP contribution in [0.1, 0.15) is 31.7 Å². The standard InChI is InChI=1S/C19H22ClN/c1-3-13-21-14-12-15(2)16-4-6-17(7-5-16)18-8-10-19(20)11-9-18/h4-12,14-15,21H,3,13H2,1-2H3. The Bertz CT molecular complexity index is 570. The van der Waals surface area contributed by atoms with E-state index >= 15 is 0 Å². The number of benzene rings is 2. The van der Waals surface area contributed by atoms with Gasteiger partial charge in [0.05, 0.1) is 0 Å². The van der Waals surface area contributed by atoms with Crippen molar-refractivity contribution in [2.24, 2.45) is 0 Å². The van der Waals surface area contributed by atoms with E-state index in [0.717, 1.165) is 18.0 Å². The molecular formula is C19H22ClN. The largest absolute Gasteiger partial charge is 0.391 e. The lowest BCUT2D eigenvalue weighted by molar-refractivity contribution is 0.800. The summed E-state index contributed by atoms with van der Waals surface area (Å²) in [4.78, 5) is 0. The molecule has 1 atom stereocenters. The summed E-state index contributed by atoms with van der Waals surface area (Å²) in [7, 11) is 0. The van der Waals surface area contributed by atoms with Gasteiger partial charge in [-0.25, -0.2) is 0 Å². The number of allylic oxidation sites excluding steroid dienone is 1. The smallest absolute Gasteiger partial charge is 0.0406 e. The Labute approximate surface area is 132 Å². The summed E-state index contributed by atoms with van der Waals surface area (Å²) in [6, 6.07) is 16.7. The van der Waals surface area contributed by atoms with Crippen LogP contribution < -0.4 is 5.32 Å². The van der Waals surface area contributed by atoms with Gasteiger partial charge in [0, 0.05) is 17.5 Å². The molecule has 0 radical (unpaired) electrons. The fraction of sp³-hybridized carbons (Fsp3) is 0.263. The lowest BCUT2D eigenvalue weighted by Crippen LogP contribution is -2.05. The minimum Gasteiger partial charge on any atom is -0.391 e. The summed E-state index contributed by atoms with van der Waals surface area (Å²) in [6.45, 7) is 5.40. The van der Waals surface area contributed by atoms with Crippen molar-refractivity contribution in [1.29, 1.82) is 0 Å². The third-order valence-electron chi connectivity index (χ3n) is 3.51. The first-order chi connectivity index (χ1) is 10.2. The van der Waals surface area contributed by atoms with Gasteiger partial charge in [-0.15, -0.1) is 0 Å². The highest BCUT2D eigenvalue weighted by Gasteiger charge is 2.02. The molecule has 0 heterocycles. The summed E-state index contributed by atoms with van der Waals surface area (Å²) < 4.78 is 0. The van der Waals surface area contributed by atoms with E-state index in [9.17, 15) is 0 Å². The molecule has 0 aliphatic heterocycles. The molecule has 0 saturated carbocycles. The van der Waals surface area contributed by atoms with Crippen LogP contribution in [0.5, 0.6) is 0 Å². The van der Waals surface area contributed by atoms with Crippen LogP contribution >= 0.6 is 11.6 Å². The summed E-state index contributed by atoms with van der Waals surface area (Å²) in [5.74, 6) is 0.411. The minimum atomic E-state index is 0.411. The Morgan fingerprint density at radius 2 is 1.57 bits per heavy atom. The zero-order chi connectivity index (χ0) is 15.1. The number of hydrogen-bond acceptors (Lipinski definition) is 1. The molecule has 0 aliphatic carbocycles. The first kappa shape index (κ1) is 15.7. The molecule has 0 saturated heterocycles. The highest BCUT2D eigenvalue weighted by atomic mass is 35.5. The zero-order valence-corrected chi connectivity index (χ0v) is 13.4. The van der Waals surface area contributed by atoms with E-state index in [-0.39, 0.29) is 0 Å². The first-order valence-electron chi connectivity index (χ1n) is 7.46. The van der Waals surface area contributed by atoms with Crippen molar-refractivity contribution in [2.45, 2.75) is 26.2 Å². The molecule has 0 aliphatic rings. The SMILES string of the molecule is CCCNC=CC(C)c1ccc(-c2ccc(Cl)cc2)cc1. The Morgan fingerprint density at radius 3 is 2.14 bits per heavy atom. The van der Waals surface area contributed by atoms with Gasteiger partial charge >= 0.3 is 0 Å². The van der Waals surface area contributed by atoms with Crippen LogP contribution in [0.4, 0.5) is 0 Å². The summed E-state index contributed by atoms with van der Waals surface area (Å²) in [5.41, 5.74) is 3.73. The Morgan fingerprint density at radius 1 is 1.00 bits per heavy atom. The predicted molar refractivity (Wildman–Crippen MR) is 92.7 cm³/mol. The molecule has 1 unspecified atom stereocenters. The second kappa shape index (κ2) is 7.90. The van der Waals surface area contributed by atoms with Crippen molar-refractivity contribution in [1.82, 2.24) is 5.32 Å². The average Bonchev–Trinajstić information content (AvgIpc) is 2.52. The van der Waals surface area contributed by atoms with Crippen LogP contribution in [-0.2, 0) is 0 Å². The van der Waals surface area contributed by atoms with E-state index in [1.807, 2.05) is 12.1 Å². The van der Waals surface area contributed by atoms with Gasteiger partial charge in [-0.3, -0.25) is 0 Å². The molecule has 2 aromatic rings. The highest BCUT2D eigenvalue weighted by molar-refractivity contribution is 6.30. The Kier molecular flexibility index (Phi) is 5.89. The van der Waals surface area contributed by atoms with E-state index in [1.54, 1.807) is 0 Å². The van der Waals surface area contributed by atoms with Gasteiger partial charge in [0.25, 0.3) is 0 Å². The van der Waals surface area contributed by atoms with Crippen molar-refractivity contribution in [2.75, 3.05) is 6.54 Å². The average molecular weight is 300 g/mol. The van der Waals surface area contributed by atoms with E-state index in [1.165, 1.54) is 16.7 Å². The second-order valence-electron chi connectivity index (χ2n) is 5.23. The van der Waals surface area contributed by atoms with E-state index in [0.29, 0.717) is 5.92 Å². The topological polar surface area (TPSA) is 12.0 Å². The molecule has 110 valence electrons. The molecular weight excluding hydrogens is 278 g/mol. The third kappa shape index (κ3) is 4.64. The zero-order valence-electron chi connectivity index (χ0n) is 12.6. The van der Waals surface area contributed by atoms with Crippen LogP contribution in [0.25, 0.3) is 11.1 Å². The summed E-state index contributed by atoms with van der Waals surface area (Å²) >= 11 is 5.92. The van der Waals surface area contributed by atoms with Gasteiger partial charge in [0.1, 0.15) is 0 Å². The molecule has 2 heteroatoms. The lowest BCUT2D eigenvalue weighted by atomic mass is 9.97. The van der Waals surface area contributed by atoms with Crippen molar-refractivity contribution >= 4 is 11.6 Å². The predicted octanol–water partition coefficient (Wildman–Crippen LogP) is 5.62. The molecule has 21 heavy (non-hydrogen) atoms. The van der Waals surface area contributed by atoms with E-state index in [2.05, 4.69) is 67.8 Å². The number of nitrogens with one attached hydrogen (secondary N) is 1. The fourth-order valence-corrected chi connectivity index (χ4v) is 2.30. The van der Waals surface area contributed by atoms with Gasteiger partial charge in [-0.1, -0.05) is 67.9 Å². The molecule has 0 spiro atoms. The van der Waals surface area contributed by atoms with Crippen LogP contribution in [0, 0.1) is 0 Å². The molecule has 0 bridgehead atoms. The van der Waals surface area contributed by atoms with E-state index < -0.39 is 0 Å². The number of halogens is 1. The van der Waals surface area contributed by atoms with Crippen molar-refractivity contribution in [3.63, 3.8) is 0 Å².